The summed E-state index contributed by atoms with van der Waals surface area (Å²) in [4.78, 5) is 2.58. The standard InChI is InChI=1S/C22H23N3/c1-17-21(16-24-13-5-2-6-14-24)20-7-3-4-8-22(20)25(17)19-11-9-18(15-23)10-12-19/h3-4,7-12H,2,5-6,13-14,16H2,1H3. The van der Waals surface area contributed by atoms with Crippen LogP contribution in [0.3, 0.4) is 0 Å². The van der Waals surface area contributed by atoms with Crippen molar-refractivity contribution in [2.24, 2.45) is 0 Å². The molecule has 1 saturated heterocycles. The van der Waals surface area contributed by atoms with Crippen LogP contribution in [-0.2, 0) is 6.54 Å². The van der Waals surface area contributed by atoms with E-state index in [4.69, 9.17) is 5.26 Å². The summed E-state index contributed by atoms with van der Waals surface area (Å²) >= 11 is 0. The molecule has 0 aliphatic carbocycles. The highest BCUT2D eigenvalue weighted by Gasteiger charge is 2.18. The van der Waals surface area contributed by atoms with E-state index in [1.165, 1.54) is 54.5 Å². The molecule has 0 unspecified atom stereocenters. The third-order valence-corrected chi connectivity index (χ3v) is 5.33. The molecule has 0 saturated carbocycles. The van der Waals surface area contributed by atoms with Gasteiger partial charge in [-0.3, -0.25) is 4.90 Å². The lowest BCUT2D eigenvalue weighted by atomic mass is 10.1. The first-order chi connectivity index (χ1) is 12.3. The molecule has 2 heterocycles. The molecule has 1 fully saturated rings. The van der Waals surface area contributed by atoms with E-state index in [1.54, 1.807) is 0 Å². The Bertz CT molecular complexity index is 922. The summed E-state index contributed by atoms with van der Waals surface area (Å²) < 4.78 is 2.33. The van der Waals surface area contributed by atoms with Crippen molar-refractivity contribution in [1.82, 2.24) is 9.47 Å². The van der Waals surface area contributed by atoms with Crippen LogP contribution < -0.4 is 0 Å². The van der Waals surface area contributed by atoms with Gasteiger partial charge in [0, 0.05) is 23.3 Å². The molecule has 0 bridgehead atoms. The zero-order valence-electron chi connectivity index (χ0n) is 14.7. The van der Waals surface area contributed by atoms with E-state index in [9.17, 15) is 0 Å². The van der Waals surface area contributed by atoms with Gasteiger partial charge in [0.25, 0.3) is 0 Å². The van der Waals surface area contributed by atoms with Crippen molar-refractivity contribution in [2.75, 3.05) is 13.1 Å². The number of hydrogen-bond acceptors (Lipinski definition) is 2. The highest BCUT2D eigenvalue weighted by Crippen LogP contribution is 2.30. The Labute approximate surface area is 149 Å². The molecule has 3 heteroatoms. The first-order valence-corrected chi connectivity index (χ1v) is 9.10. The molecule has 1 aliphatic heterocycles. The first-order valence-electron chi connectivity index (χ1n) is 9.10. The second-order valence-corrected chi connectivity index (χ2v) is 6.91. The van der Waals surface area contributed by atoms with Gasteiger partial charge in [-0.2, -0.15) is 5.26 Å². The first kappa shape index (κ1) is 15.9. The molecule has 3 aromatic rings. The predicted molar refractivity (Wildman–Crippen MR) is 102 cm³/mol. The summed E-state index contributed by atoms with van der Waals surface area (Å²) in [6, 6.07) is 18.7. The van der Waals surface area contributed by atoms with Crippen molar-refractivity contribution in [1.29, 1.82) is 5.26 Å². The summed E-state index contributed by atoms with van der Waals surface area (Å²) in [5.74, 6) is 0. The number of hydrogen-bond donors (Lipinski definition) is 0. The van der Waals surface area contributed by atoms with Crippen molar-refractivity contribution in [3.63, 3.8) is 0 Å². The molecular weight excluding hydrogens is 306 g/mol. The van der Waals surface area contributed by atoms with Crippen LogP contribution in [0.2, 0.25) is 0 Å². The topological polar surface area (TPSA) is 32.0 Å². The molecule has 126 valence electrons. The molecule has 3 nitrogen and oxygen atoms in total. The fourth-order valence-electron chi connectivity index (χ4n) is 3.99. The quantitative estimate of drug-likeness (QED) is 0.691. The van der Waals surface area contributed by atoms with Gasteiger partial charge in [-0.25, -0.2) is 0 Å². The van der Waals surface area contributed by atoms with Crippen molar-refractivity contribution in [3.8, 4) is 11.8 Å². The van der Waals surface area contributed by atoms with Gasteiger partial charge < -0.3 is 4.57 Å². The van der Waals surface area contributed by atoms with Crippen molar-refractivity contribution < 1.29 is 0 Å². The molecule has 0 atom stereocenters. The van der Waals surface area contributed by atoms with Crippen LogP contribution in [0.1, 0.15) is 36.1 Å². The fraction of sp³-hybridized carbons (Fsp3) is 0.318. The molecule has 0 N–H and O–H groups in total. The Balaban J connectivity index is 1.81. The van der Waals surface area contributed by atoms with Gasteiger partial charge >= 0.3 is 0 Å². The number of benzene rings is 2. The van der Waals surface area contributed by atoms with E-state index < -0.39 is 0 Å². The third-order valence-electron chi connectivity index (χ3n) is 5.33. The fourth-order valence-corrected chi connectivity index (χ4v) is 3.99. The van der Waals surface area contributed by atoms with Crippen LogP contribution in [0.25, 0.3) is 16.6 Å². The second kappa shape index (κ2) is 6.74. The maximum Gasteiger partial charge on any atom is 0.0991 e. The largest absolute Gasteiger partial charge is 0.314 e. The predicted octanol–water partition coefficient (Wildman–Crippen LogP) is 4.80. The highest BCUT2D eigenvalue weighted by atomic mass is 15.1. The summed E-state index contributed by atoms with van der Waals surface area (Å²) in [7, 11) is 0. The number of para-hydroxylation sites is 1. The zero-order valence-corrected chi connectivity index (χ0v) is 14.7. The molecule has 0 spiro atoms. The lowest BCUT2D eigenvalue weighted by Gasteiger charge is -2.26. The number of nitrogens with zero attached hydrogens (tertiary/aromatic N) is 3. The summed E-state index contributed by atoms with van der Waals surface area (Å²) in [6.07, 6.45) is 3.99. The Hall–Kier alpha value is -2.57. The molecule has 25 heavy (non-hydrogen) atoms. The molecule has 0 amide bonds. The van der Waals surface area contributed by atoms with E-state index in [2.05, 4.69) is 46.7 Å². The minimum Gasteiger partial charge on any atom is -0.314 e. The SMILES string of the molecule is Cc1c(CN2CCCCC2)c2ccccc2n1-c1ccc(C#N)cc1. The third kappa shape index (κ3) is 2.94. The number of fused-ring (bicyclic) bond motifs is 1. The molecule has 1 aliphatic rings. The van der Waals surface area contributed by atoms with Gasteiger partial charge in [0.1, 0.15) is 0 Å². The average molecular weight is 329 g/mol. The van der Waals surface area contributed by atoms with E-state index in [0.717, 1.165) is 12.2 Å². The highest BCUT2D eigenvalue weighted by molar-refractivity contribution is 5.87. The zero-order chi connectivity index (χ0) is 17.2. The number of rotatable bonds is 3. The number of aromatic nitrogens is 1. The van der Waals surface area contributed by atoms with Crippen molar-refractivity contribution in [2.45, 2.75) is 32.7 Å². The summed E-state index contributed by atoms with van der Waals surface area (Å²) in [5.41, 5.74) is 5.80. The van der Waals surface area contributed by atoms with E-state index in [0.29, 0.717) is 5.56 Å². The van der Waals surface area contributed by atoms with Crippen LogP contribution in [0, 0.1) is 18.3 Å². The van der Waals surface area contributed by atoms with Crippen molar-refractivity contribution in [3.05, 3.63) is 65.4 Å². The van der Waals surface area contributed by atoms with Crippen LogP contribution in [0.5, 0.6) is 0 Å². The molecule has 1 aromatic heterocycles. The summed E-state index contributed by atoms with van der Waals surface area (Å²) in [6.45, 7) is 5.65. The van der Waals surface area contributed by atoms with Crippen molar-refractivity contribution >= 4 is 10.9 Å². The van der Waals surface area contributed by atoms with Crippen LogP contribution in [-0.4, -0.2) is 22.6 Å². The Morgan fingerprint density at radius 1 is 0.960 bits per heavy atom. The van der Waals surface area contributed by atoms with Gasteiger partial charge in [0.05, 0.1) is 17.1 Å². The monoisotopic (exact) mass is 329 g/mol. The maximum atomic E-state index is 9.05. The summed E-state index contributed by atoms with van der Waals surface area (Å²) in [5, 5.41) is 10.4. The van der Waals surface area contributed by atoms with Gasteiger partial charge in [-0.1, -0.05) is 24.6 Å². The number of likely N-dealkylation sites (tertiary alicyclic amines) is 1. The lowest BCUT2D eigenvalue weighted by molar-refractivity contribution is 0.221. The van der Waals surface area contributed by atoms with Gasteiger partial charge in [-0.05, 0) is 68.8 Å². The van der Waals surface area contributed by atoms with Gasteiger partial charge in [0.2, 0.25) is 0 Å². The van der Waals surface area contributed by atoms with Crippen LogP contribution in [0.15, 0.2) is 48.5 Å². The van der Waals surface area contributed by atoms with Gasteiger partial charge in [0.15, 0.2) is 0 Å². The number of nitriles is 1. The number of piperidine rings is 1. The average Bonchev–Trinajstić information content (AvgIpc) is 2.95. The molecule has 2 aromatic carbocycles. The minimum absolute atomic E-state index is 0.700. The molecule has 0 radical (unpaired) electrons. The smallest absolute Gasteiger partial charge is 0.0991 e. The second-order valence-electron chi connectivity index (χ2n) is 6.91. The Morgan fingerprint density at radius 2 is 1.68 bits per heavy atom. The molecule has 4 rings (SSSR count). The lowest BCUT2D eigenvalue weighted by Crippen LogP contribution is -2.29. The maximum absolute atomic E-state index is 9.05. The Kier molecular flexibility index (Phi) is 4.29. The van der Waals surface area contributed by atoms with E-state index in [1.807, 2.05) is 24.3 Å². The van der Waals surface area contributed by atoms with Crippen LogP contribution in [0.4, 0.5) is 0 Å². The Morgan fingerprint density at radius 3 is 2.40 bits per heavy atom. The normalized spacial score (nSPS) is 15.4. The van der Waals surface area contributed by atoms with E-state index >= 15 is 0 Å². The van der Waals surface area contributed by atoms with Gasteiger partial charge in [-0.15, -0.1) is 0 Å². The van der Waals surface area contributed by atoms with Crippen LogP contribution >= 0.6 is 0 Å². The van der Waals surface area contributed by atoms with E-state index in [-0.39, 0.29) is 0 Å². The molecular formula is C22H23N3. The minimum atomic E-state index is 0.700.